The Kier molecular flexibility index (Phi) is 5.11. The fraction of sp³-hybridized carbons (Fsp3) is 0.409. The van der Waals surface area contributed by atoms with Crippen molar-refractivity contribution < 1.29 is 4.79 Å². The third kappa shape index (κ3) is 3.97. The number of hydrogen-bond donors (Lipinski definition) is 0. The number of anilines is 1. The summed E-state index contributed by atoms with van der Waals surface area (Å²) in [6.45, 7) is 3.80. The van der Waals surface area contributed by atoms with Crippen LogP contribution in [0.25, 0.3) is 0 Å². The van der Waals surface area contributed by atoms with E-state index in [1.165, 1.54) is 11.3 Å². The van der Waals surface area contributed by atoms with E-state index in [0.29, 0.717) is 23.4 Å². The summed E-state index contributed by atoms with van der Waals surface area (Å²) in [5.74, 6) is 0.849. The fourth-order valence-corrected chi connectivity index (χ4v) is 4.28. The third-order valence-electron chi connectivity index (χ3n) is 5.80. The van der Waals surface area contributed by atoms with Crippen molar-refractivity contribution in [2.45, 2.75) is 19.0 Å². The molecule has 2 saturated heterocycles. The van der Waals surface area contributed by atoms with Gasteiger partial charge in [-0.3, -0.25) is 9.69 Å². The van der Waals surface area contributed by atoms with Crippen molar-refractivity contribution in [2.24, 2.45) is 5.92 Å². The Labute approximate surface area is 166 Å². The van der Waals surface area contributed by atoms with E-state index in [1.807, 2.05) is 29.2 Å². The molecule has 2 aromatic rings. The fourth-order valence-electron chi connectivity index (χ4n) is 4.15. The van der Waals surface area contributed by atoms with Crippen LogP contribution >= 0.6 is 11.6 Å². The lowest BCUT2D eigenvalue weighted by atomic mass is 9.91. The van der Waals surface area contributed by atoms with Crippen molar-refractivity contribution in [2.75, 3.05) is 38.6 Å². The predicted molar refractivity (Wildman–Crippen MR) is 110 cm³/mol. The van der Waals surface area contributed by atoms with E-state index >= 15 is 0 Å². The molecule has 142 valence electrons. The largest absolute Gasteiger partial charge is 0.378 e. The van der Waals surface area contributed by atoms with Crippen LogP contribution in [0.15, 0.2) is 48.5 Å². The highest BCUT2D eigenvalue weighted by Gasteiger charge is 2.46. The van der Waals surface area contributed by atoms with E-state index in [0.717, 1.165) is 31.7 Å². The highest BCUT2D eigenvalue weighted by Crippen LogP contribution is 2.34. The van der Waals surface area contributed by atoms with Crippen molar-refractivity contribution in [3.63, 3.8) is 0 Å². The van der Waals surface area contributed by atoms with Crippen LogP contribution in [0, 0.1) is 5.92 Å². The summed E-state index contributed by atoms with van der Waals surface area (Å²) in [5.41, 5.74) is 3.59. The van der Waals surface area contributed by atoms with Crippen molar-refractivity contribution >= 4 is 23.2 Å². The van der Waals surface area contributed by atoms with Crippen molar-refractivity contribution in [1.82, 2.24) is 9.80 Å². The zero-order valence-electron chi connectivity index (χ0n) is 15.9. The maximum atomic E-state index is 12.7. The molecular weight excluding hydrogens is 358 g/mol. The van der Waals surface area contributed by atoms with E-state index in [4.69, 9.17) is 11.6 Å². The summed E-state index contributed by atoms with van der Waals surface area (Å²) in [7, 11) is 4.12. The number of hydrogen-bond acceptors (Lipinski definition) is 3. The van der Waals surface area contributed by atoms with Gasteiger partial charge in [0, 0.05) is 62.9 Å². The molecule has 0 radical (unpaired) electrons. The summed E-state index contributed by atoms with van der Waals surface area (Å²) < 4.78 is 0. The summed E-state index contributed by atoms with van der Waals surface area (Å²) in [6.07, 6.45) is 0.461. The Balaban J connectivity index is 1.31. The second-order valence-electron chi connectivity index (χ2n) is 7.92. The molecule has 1 amide bonds. The average molecular weight is 384 g/mol. The van der Waals surface area contributed by atoms with E-state index < -0.39 is 0 Å². The van der Waals surface area contributed by atoms with E-state index in [2.05, 4.69) is 48.2 Å². The maximum absolute atomic E-state index is 12.7. The minimum Gasteiger partial charge on any atom is -0.378 e. The van der Waals surface area contributed by atoms with Gasteiger partial charge in [-0.15, -0.1) is 0 Å². The highest BCUT2D eigenvalue weighted by molar-refractivity contribution is 6.30. The van der Waals surface area contributed by atoms with Crippen LogP contribution in [0.5, 0.6) is 0 Å². The molecule has 0 saturated carbocycles. The van der Waals surface area contributed by atoms with Gasteiger partial charge in [0.2, 0.25) is 5.91 Å². The van der Waals surface area contributed by atoms with Crippen LogP contribution in [-0.4, -0.2) is 55.5 Å². The molecule has 2 aromatic carbocycles. The molecule has 5 heteroatoms. The lowest BCUT2D eigenvalue weighted by molar-refractivity contribution is -0.129. The molecule has 2 aliphatic heterocycles. The quantitative estimate of drug-likeness (QED) is 0.792. The lowest BCUT2D eigenvalue weighted by Gasteiger charge is -2.43. The normalized spacial score (nSPS) is 21.7. The van der Waals surface area contributed by atoms with Crippen LogP contribution in [0.3, 0.4) is 0 Å². The first-order valence-electron chi connectivity index (χ1n) is 9.52. The number of rotatable bonds is 5. The van der Waals surface area contributed by atoms with Crippen LogP contribution in [0.4, 0.5) is 5.69 Å². The summed E-state index contributed by atoms with van der Waals surface area (Å²) in [6, 6.07) is 16.8. The van der Waals surface area contributed by atoms with Gasteiger partial charge in [-0.1, -0.05) is 35.9 Å². The number of benzene rings is 2. The van der Waals surface area contributed by atoms with Gasteiger partial charge in [0.1, 0.15) is 0 Å². The third-order valence-corrected chi connectivity index (χ3v) is 6.06. The standard InChI is InChI=1S/C22H26ClN3O/c1-24(2)20-9-5-17(6-10-20)12-25-13-18-14-26(15-21(18)25)22(27)11-16-3-7-19(23)8-4-16/h3-10,18,21H,11-15H2,1-2H3/t18-,21-/m1/s1. The molecule has 2 atom stereocenters. The van der Waals surface area contributed by atoms with Crippen molar-refractivity contribution in [3.05, 3.63) is 64.7 Å². The Bertz CT molecular complexity index is 803. The topological polar surface area (TPSA) is 26.8 Å². The second kappa shape index (κ2) is 7.53. The zero-order chi connectivity index (χ0) is 19.0. The van der Waals surface area contributed by atoms with Gasteiger partial charge in [-0.05, 0) is 35.4 Å². The summed E-state index contributed by atoms with van der Waals surface area (Å²) >= 11 is 5.93. The highest BCUT2D eigenvalue weighted by atomic mass is 35.5. The molecular formula is C22H26ClN3O. The maximum Gasteiger partial charge on any atom is 0.227 e. The molecule has 2 aliphatic rings. The number of carbonyl (C=O) groups excluding carboxylic acids is 1. The molecule has 0 aliphatic carbocycles. The Morgan fingerprint density at radius 2 is 1.67 bits per heavy atom. The lowest BCUT2D eigenvalue weighted by Crippen LogP contribution is -2.54. The molecule has 0 bridgehead atoms. The minimum absolute atomic E-state index is 0.224. The smallest absolute Gasteiger partial charge is 0.227 e. The van der Waals surface area contributed by atoms with Crippen LogP contribution in [0.1, 0.15) is 11.1 Å². The SMILES string of the molecule is CN(C)c1ccc(CN2C[C@@H]3CN(C(=O)Cc4ccc(Cl)cc4)C[C@H]32)cc1. The predicted octanol–water partition coefficient (Wildman–Crippen LogP) is 3.29. The number of halogens is 1. The second-order valence-corrected chi connectivity index (χ2v) is 8.36. The number of carbonyl (C=O) groups is 1. The van der Waals surface area contributed by atoms with Crippen LogP contribution in [0.2, 0.25) is 5.02 Å². The van der Waals surface area contributed by atoms with E-state index in [1.54, 1.807) is 0 Å². The number of likely N-dealkylation sites (tertiary alicyclic amines) is 2. The molecule has 27 heavy (non-hydrogen) atoms. The minimum atomic E-state index is 0.224. The van der Waals surface area contributed by atoms with Crippen molar-refractivity contribution in [1.29, 1.82) is 0 Å². The number of amides is 1. The van der Waals surface area contributed by atoms with Gasteiger partial charge in [0.25, 0.3) is 0 Å². The van der Waals surface area contributed by atoms with Crippen molar-refractivity contribution in [3.8, 4) is 0 Å². The zero-order valence-corrected chi connectivity index (χ0v) is 16.7. The first-order chi connectivity index (χ1) is 13.0. The molecule has 0 unspecified atom stereocenters. The molecule has 2 fully saturated rings. The van der Waals surface area contributed by atoms with Crippen LogP contribution in [-0.2, 0) is 17.8 Å². The molecule has 2 heterocycles. The van der Waals surface area contributed by atoms with Gasteiger partial charge >= 0.3 is 0 Å². The van der Waals surface area contributed by atoms with Gasteiger partial charge in [0.05, 0.1) is 6.42 Å². The number of fused-ring (bicyclic) bond motifs is 1. The first-order valence-corrected chi connectivity index (χ1v) is 9.90. The summed E-state index contributed by atoms with van der Waals surface area (Å²) in [5, 5.41) is 0.708. The molecule has 0 N–H and O–H groups in total. The van der Waals surface area contributed by atoms with Gasteiger partial charge in [-0.25, -0.2) is 0 Å². The van der Waals surface area contributed by atoms with Gasteiger partial charge in [-0.2, -0.15) is 0 Å². The van der Waals surface area contributed by atoms with Gasteiger partial charge in [0.15, 0.2) is 0 Å². The first kappa shape index (κ1) is 18.3. The van der Waals surface area contributed by atoms with Gasteiger partial charge < -0.3 is 9.80 Å². The molecule has 0 spiro atoms. The average Bonchev–Trinajstić information content (AvgIpc) is 2.99. The summed E-state index contributed by atoms with van der Waals surface area (Å²) in [4.78, 5) is 19.3. The number of nitrogens with zero attached hydrogens (tertiary/aromatic N) is 3. The Morgan fingerprint density at radius 3 is 2.33 bits per heavy atom. The molecule has 0 aromatic heterocycles. The van der Waals surface area contributed by atoms with E-state index in [-0.39, 0.29) is 5.91 Å². The molecule has 4 nitrogen and oxygen atoms in total. The molecule has 4 rings (SSSR count). The van der Waals surface area contributed by atoms with E-state index in [9.17, 15) is 4.79 Å². The monoisotopic (exact) mass is 383 g/mol. The Hall–Kier alpha value is -2.04. The Morgan fingerprint density at radius 1 is 1.00 bits per heavy atom. The van der Waals surface area contributed by atoms with Crippen LogP contribution < -0.4 is 4.90 Å².